The number of fused-ring (bicyclic) bond motifs is 1. The van der Waals surface area contributed by atoms with Crippen LogP contribution in [0.4, 0.5) is 0 Å². The number of aromatic amines is 1. The lowest BCUT2D eigenvalue weighted by Gasteiger charge is -2.25. The number of hydrogen-bond donors (Lipinski definition) is 2. The van der Waals surface area contributed by atoms with Gasteiger partial charge in [0.1, 0.15) is 11.6 Å². The van der Waals surface area contributed by atoms with E-state index >= 15 is 0 Å². The molecule has 3 rings (SSSR count). The number of methoxy groups -OCH3 is 3. The number of rotatable bonds is 4. The van der Waals surface area contributed by atoms with Crippen LogP contribution in [-0.4, -0.2) is 31.3 Å². The van der Waals surface area contributed by atoms with Crippen LogP contribution in [-0.2, 0) is 0 Å². The monoisotopic (exact) mass is 356 g/mol. The Kier molecular flexibility index (Phi) is 4.41. The van der Waals surface area contributed by atoms with Crippen LogP contribution in [0.15, 0.2) is 34.7 Å². The standard InChI is InChI=1S/C17H16N4O5/c1-23-10-4-8(5-11(24-2)14(10)25-3)12-9(6-18)15(19)26-17-13(12)16(22)20-7-21-17/h4-5,7,12H,19H2,1-3H3,(H,20,21,22). The number of nitrogens with zero attached hydrogens (tertiary/aromatic N) is 2. The number of H-pyrrole nitrogens is 1. The molecule has 3 N–H and O–H groups in total. The van der Waals surface area contributed by atoms with E-state index in [-0.39, 0.29) is 22.9 Å². The molecule has 1 aliphatic heterocycles. The maximum atomic E-state index is 12.4. The molecular formula is C17H16N4O5. The first-order valence-corrected chi connectivity index (χ1v) is 7.50. The van der Waals surface area contributed by atoms with Crippen molar-refractivity contribution in [3.05, 3.63) is 51.4 Å². The van der Waals surface area contributed by atoms with E-state index in [9.17, 15) is 10.1 Å². The third-order valence-electron chi connectivity index (χ3n) is 4.04. The third kappa shape index (κ3) is 2.57. The summed E-state index contributed by atoms with van der Waals surface area (Å²) in [6.45, 7) is 0. The van der Waals surface area contributed by atoms with Gasteiger partial charge in [0.2, 0.25) is 17.5 Å². The fourth-order valence-electron chi connectivity index (χ4n) is 2.90. The predicted molar refractivity (Wildman–Crippen MR) is 90.3 cm³/mol. The quantitative estimate of drug-likeness (QED) is 0.829. The number of hydrogen-bond acceptors (Lipinski definition) is 8. The minimum absolute atomic E-state index is 0.0454. The maximum absolute atomic E-state index is 12.4. The Balaban J connectivity index is 2.32. The van der Waals surface area contributed by atoms with Gasteiger partial charge in [0.15, 0.2) is 11.5 Å². The van der Waals surface area contributed by atoms with Crippen LogP contribution in [0.1, 0.15) is 17.0 Å². The summed E-state index contributed by atoms with van der Waals surface area (Å²) in [6, 6.07) is 5.31. The number of nitrogens with one attached hydrogen (secondary N) is 1. The Morgan fingerprint density at radius 2 is 1.88 bits per heavy atom. The summed E-state index contributed by atoms with van der Waals surface area (Å²) in [5.74, 6) is 0.287. The predicted octanol–water partition coefficient (Wildman–Crippen LogP) is 1.01. The first-order valence-electron chi connectivity index (χ1n) is 7.50. The van der Waals surface area contributed by atoms with E-state index in [1.807, 2.05) is 6.07 Å². The number of aromatic nitrogens is 2. The lowest BCUT2D eigenvalue weighted by molar-refractivity contribution is 0.323. The van der Waals surface area contributed by atoms with Crippen molar-refractivity contribution in [1.82, 2.24) is 9.97 Å². The minimum Gasteiger partial charge on any atom is -0.493 e. The topological polar surface area (TPSA) is 132 Å². The molecule has 0 saturated heterocycles. The molecule has 9 nitrogen and oxygen atoms in total. The summed E-state index contributed by atoms with van der Waals surface area (Å²) >= 11 is 0. The Morgan fingerprint density at radius 3 is 2.42 bits per heavy atom. The van der Waals surface area contributed by atoms with Crippen molar-refractivity contribution in [2.75, 3.05) is 21.3 Å². The molecule has 1 aromatic carbocycles. The fraction of sp³-hybridized carbons (Fsp3) is 0.235. The van der Waals surface area contributed by atoms with E-state index in [1.165, 1.54) is 27.7 Å². The van der Waals surface area contributed by atoms with Crippen LogP contribution >= 0.6 is 0 Å². The molecule has 0 fully saturated rings. The molecule has 9 heteroatoms. The van der Waals surface area contributed by atoms with Gasteiger partial charge >= 0.3 is 0 Å². The van der Waals surface area contributed by atoms with E-state index in [0.717, 1.165) is 0 Å². The lowest BCUT2D eigenvalue weighted by Crippen LogP contribution is -2.28. The second kappa shape index (κ2) is 6.68. The van der Waals surface area contributed by atoms with Crippen molar-refractivity contribution >= 4 is 0 Å². The molecule has 1 aromatic heterocycles. The second-order valence-electron chi connectivity index (χ2n) is 5.33. The highest BCUT2D eigenvalue weighted by Gasteiger charge is 2.35. The highest BCUT2D eigenvalue weighted by atomic mass is 16.5. The Morgan fingerprint density at radius 1 is 1.23 bits per heavy atom. The molecule has 2 heterocycles. The van der Waals surface area contributed by atoms with Crippen LogP contribution in [0.2, 0.25) is 0 Å². The van der Waals surface area contributed by atoms with Crippen molar-refractivity contribution in [1.29, 1.82) is 5.26 Å². The highest BCUT2D eigenvalue weighted by Crippen LogP contribution is 2.45. The van der Waals surface area contributed by atoms with Gasteiger partial charge in [-0.05, 0) is 17.7 Å². The largest absolute Gasteiger partial charge is 0.493 e. The zero-order chi connectivity index (χ0) is 18.8. The van der Waals surface area contributed by atoms with Crippen molar-refractivity contribution in [3.63, 3.8) is 0 Å². The van der Waals surface area contributed by atoms with Crippen molar-refractivity contribution in [2.45, 2.75) is 5.92 Å². The number of allylic oxidation sites excluding steroid dienone is 1. The average Bonchev–Trinajstić information content (AvgIpc) is 2.65. The normalized spacial score (nSPS) is 15.5. The molecule has 0 radical (unpaired) electrons. The number of benzene rings is 1. The van der Waals surface area contributed by atoms with Gasteiger partial charge in [0, 0.05) is 0 Å². The zero-order valence-corrected chi connectivity index (χ0v) is 14.3. The molecule has 0 spiro atoms. The highest BCUT2D eigenvalue weighted by molar-refractivity contribution is 5.60. The summed E-state index contributed by atoms with van der Waals surface area (Å²) in [7, 11) is 4.43. The molecule has 26 heavy (non-hydrogen) atoms. The van der Waals surface area contributed by atoms with Crippen LogP contribution < -0.4 is 30.2 Å². The summed E-state index contributed by atoms with van der Waals surface area (Å²) in [5.41, 5.74) is 6.24. The molecule has 0 bridgehead atoms. The maximum Gasteiger partial charge on any atom is 0.258 e. The van der Waals surface area contributed by atoms with Gasteiger partial charge in [-0.3, -0.25) is 4.79 Å². The third-order valence-corrected chi connectivity index (χ3v) is 4.04. The zero-order valence-electron chi connectivity index (χ0n) is 14.3. The summed E-state index contributed by atoms with van der Waals surface area (Å²) in [4.78, 5) is 18.9. The van der Waals surface area contributed by atoms with E-state index in [1.54, 1.807) is 12.1 Å². The van der Waals surface area contributed by atoms with Gasteiger partial charge in [-0.15, -0.1) is 0 Å². The summed E-state index contributed by atoms with van der Waals surface area (Å²) in [5, 5.41) is 9.58. The van der Waals surface area contributed by atoms with Gasteiger partial charge in [-0.1, -0.05) is 0 Å². The fourth-order valence-corrected chi connectivity index (χ4v) is 2.90. The molecule has 0 aliphatic carbocycles. The SMILES string of the molecule is COc1cc(C2C(C#N)=C(N)Oc3nc[nH]c(=O)c32)cc(OC)c1OC. The van der Waals surface area contributed by atoms with Crippen LogP contribution in [0.3, 0.4) is 0 Å². The number of nitriles is 1. The Labute approximate surface area is 148 Å². The van der Waals surface area contributed by atoms with Crippen molar-refractivity contribution < 1.29 is 18.9 Å². The van der Waals surface area contributed by atoms with Gasteiger partial charge < -0.3 is 29.7 Å². The van der Waals surface area contributed by atoms with Crippen LogP contribution in [0, 0.1) is 11.3 Å². The van der Waals surface area contributed by atoms with E-state index in [4.69, 9.17) is 24.7 Å². The second-order valence-corrected chi connectivity index (χ2v) is 5.33. The molecule has 134 valence electrons. The average molecular weight is 356 g/mol. The minimum atomic E-state index is -0.796. The molecule has 1 aliphatic rings. The Hall–Kier alpha value is -3.67. The van der Waals surface area contributed by atoms with Crippen molar-refractivity contribution in [3.8, 4) is 29.2 Å². The van der Waals surface area contributed by atoms with Crippen LogP contribution in [0.5, 0.6) is 23.1 Å². The first-order chi connectivity index (χ1) is 12.5. The lowest BCUT2D eigenvalue weighted by atomic mass is 9.85. The molecule has 1 atom stereocenters. The van der Waals surface area contributed by atoms with E-state index in [0.29, 0.717) is 22.8 Å². The van der Waals surface area contributed by atoms with Gasteiger partial charge in [-0.25, -0.2) is 4.98 Å². The van der Waals surface area contributed by atoms with Crippen LogP contribution in [0.25, 0.3) is 0 Å². The molecule has 0 saturated carbocycles. The number of nitrogens with two attached hydrogens (primary N) is 1. The molecule has 2 aromatic rings. The van der Waals surface area contributed by atoms with E-state index < -0.39 is 11.5 Å². The first kappa shape index (κ1) is 17.2. The van der Waals surface area contributed by atoms with Crippen molar-refractivity contribution in [2.24, 2.45) is 5.73 Å². The van der Waals surface area contributed by atoms with Gasteiger partial charge in [-0.2, -0.15) is 5.26 Å². The number of ether oxygens (including phenoxy) is 4. The molecule has 1 unspecified atom stereocenters. The molecular weight excluding hydrogens is 340 g/mol. The Bertz CT molecular complexity index is 964. The van der Waals surface area contributed by atoms with E-state index in [2.05, 4.69) is 9.97 Å². The van der Waals surface area contributed by atoms with Gasteiger partial charge in [0.05, 0.1) is 39.1 Å². The summed E-state index contributed by atoms with van der Waals surface area (Å²) in [6.07, 6.45) is 1.21. The smallest absolute Gasteiger partial charge is 0.258 e. The van der Waals surface area contributed by atoms with Gasteiger partial charge in [0.25, 0.3) is 5.56 Å². The molecule has 0 amide bonds. The summed E-state index contributed by atoms with van der Waals surface area (Å²) < 4.78 is 21.4.